The van der Waals surface area contributed by atoms with Gasteiger partial charge in [0.05, 0.1) is 28.5 Å². The molecule has 184 valence electrons. The van der Waals surface area contributed by atoms with E-state index in [2.05, 4.69) is 10.0 Å². The number of halogens is 1. The van der Waals surface area contributed by atoms with Crippen molar-refractivity contribution in [3.05, 3.63) is 53.1 Å². The van der Waals surface area contributed by atoms with Crippen LogP contribution in [-0.4, -0.2) is 53.8 Å². The molecule has 0 atom stereocenters. The van der Waals surface area contributed by atoms with Gasteiger partial charge >= 0.3 is 5.97 Å². The Bertz CT molecular complexity index is 1130. The summed E-state index contributed by atoms with van der Waals surface area (Å²) in [7, 11) is -2.27. The van der Waals surface area contributed by atoms with Gasteiger partial charge in [-0.1, -0.05) is 23.7 Å². The zero-order valence-corrected chi connectivity index (χ0v) is 20.5. The first kappa shape index (κ1) is 26.0. The molecule has 0 aliphatic heterocycles. The van der Waals surface area contributed by atoms with E-state index >= 15 is 0 Å². The second-order valence-corrected chi connectivity index (χ2v) is 9.87. The maximum absolute atomic E-state index is 12.3. The van der Waals surface area contributed by atoms with Gasteiger partial charge in [0.1, 0.15) is 5.75 Å². The Labute approximate surface area is 203 Å². The number of hydrogen-bond donors (Lipinski definition) is 2. The molecule has 0 saturated heterocycles. The number of nitrogens with one attached hydrogen (secondary N) is 2. The minimum Gasteiger partial charge on any atom is -0.482 e. The van der Waals surface area contributed by atoms with Crippen molar-refractivity contribution in [3.8, 4) is 5.75 Å². The molecule has 1 amide bonds. The zero-order chi connectivity index (χ0) is 24.8. The smallest absolute Gasteiger partial charge is 0.316 e. The van der Waals surface area contributed by atoms with Crippen molar-refractivity contribution < 1.29 is 32.2 Å². The maximum atomic E-state index is 12.3. The Hall–Kier alpha value is -2.66. The lowest BCUT2D eigenvalue weighted by molar-refractivity contribution is -0.146. The minimum atomic E-state index is -3.74. The molecule has 0 radical (unpaired) electrons. The number of esters is 1. The van der Waals surface area contributed by atoms with Crippen molar-refractivity contribution in [2.24, 2.45) is 0 Å². The lowest BCUT2D eigenvalue weighted by Gasteiger charge is -2.15. The van der Waals surface area contributed by atoms with Crippen LogP contribution in [0.1, 0.15) is 25.3 Å². The van der Waals surface area contributed by atoms with Crippen LogP contribution in [0.25, 0.3) is 0 Å². The highest BCUT2D eigenvalue weighted by Crippen LogP contribution is 2.49. The maximum Gasteiger partial charge on any atom is 0.316 e. The number of benzene rings is 2. The molecule has 1 aliphatic carbocycles. The van der Waals surface area contributed by atoms with E-state index < -0.39 is 21.3 Å². The molecular weight excluding hydrogens is 484 g/mol. The first-order valence-corrected chi connectivity index (χ1v) is 12.6. The van der Waals surface area contributed by atoms with E-state index in [4.69, 9.17) is 25.8 Å². The van der Waals surface area contributed by atoms with Gasteiger partial charge in [-0.15, -0.1) is 0 Å². The van der Waals surface area contributed by atoms with Gasteiger partial charge in [-0.2, -0.15) is 0 Å². The Balaban J connectivity index is 1.54. The highest BCUT2D eigenvalue weighted by Gasteiger charge is 2.52. The fourth-order valence-electron chi connectivity index (χ4n) is 3.35. The molecule has 1 saturated carbocycles. The summed E-state index contributed by atoms with van der Waals surface area (Å²) in [5.41, 5.74) is 0.836. The third-order valence-electron chi connectivity index (χ3n) is 5.31. The number of amides is 1. The van der Waals surface area contributed by atoms with Gasteiger partial charge in [-0.05, 0) is 55.7 Å². The predicted octanol–water partition coefficient (Wildman–Crippen LogP) is 2.88. The Morgan fingerprint density at radius 2 is 1.82 bits per heavy atom. The van der Waals surface area contributed by atoms with E-state index in [0.717, 1.165) is 18.4 Å². The molecular formula is C23H27ClN2O7S. The molecule has 9 nitrogen and oxygen atoms in total. The van der Waals surface area contributed by atoms with E-state index in [1.165, 1.54) is 25.3 Å². The Morgan fingerprint density at radius 3 is 2.41 bits per heavy atom. The molecule has 34 heavy (non-hydrogen) atoms. The van der Waals surface area contributed by atoms with Crippen LogP contribution in [0.3, 0.4) is 0 Å². The SMILES string of the molecule is CCOC(=O)C1(c2ccc(NC(=O)COc3ccc(S(=O)(=O)NCCOC)cc3Cl)cc2)CC1. The van der Waals surface area contributed by atoms with Gasteiger partial charge in [0.25, 0.3) is 5.91 Å². The summed E-state index contributed by atoms with van der Waals surface area (Å²) in [5, 5.41) is 2.76. The summed E-state index contributed by atoms with van der Waals surface area (Å²) >= 11 is 6.14. The molecule has 2 aromatic rings. The molecule has 0 bridgehead atoms. The zero-order valence-electron chi connectivity index (χ0n) is 18.9. The Kier molecular flexibility index (Phi) is 8.53. The number of hydrogen-bond acceptors (Lipinski definition) is 7. The lowest BCUT2D eigenvalue weighted by Crippen LogP contribution is -2.27. The number of anilines is 1. The van der Waals surface area contributed by atoms with Crippen molar-refractivity contribution in [2.45, 2.75) is 30.1 Å². The molecule has 1 fully saturated rings. The van der Waals surface area contributed by atoms with Crippen LogP contribution in [0.5, 0.6) is 5.75 Å². The van der Waals surface area contributed by atoms with Crippen molar-refractivity contribution in [2.75, 3.05) is 38.8 Å². The standard InChI is InChI=1S/C23H27ClN2O7S/c1-3-32-22(28)23(10-11-23)16-4-6-17(7-5-16)26-21(27)15-33-20-9-8-18(14-19(20)24)34(29,30)25-12-13-31-2/h4-9,14,25H,3,10-13,15H2,1-2H3,(H,26,27). The number of ether oxygens (including phenoxy) is 3. The van der Waals surface area contributed by atoms with Crippen molar-refractivity contribution in [1.82, 2.24) is 4.72 Å². The average molecular weight is 511 g/mol. The lowest BCUT2D eigenvalue weighted by atomic mass is 9.96. The van der Waals surface area contributed by atoms with Crippen molar-refractivity contribution in [1.29, 1.82) is 0 Å². The molecule has 2 N–H and O–H groups in total. The van der Waals surface area contributed by atoms with E-state index in [-0.39, 0.29) is 41.4 Å². The van der Waals surface area contributed by atoms with Gasteiger partial charge in [-0.3, -0.25) is 9.59 Å². The largest absolute Gasteiger partial charge is 0.482 e. The summed E-state index contributed by atoms with van der Waals surface area (Å²) in [4.78, 5) is 24.5. The van der Waals surface area contributed by atoms with Crippen LogP contribution in [0.2, 0.25) is 5.02 Å². The highest BCUT2D eigenvalue weighted by molar-refractivity contribution is 7.89. The monoisotopic (exact) mass is 510 g/mol. The molecule has 0 aromatic heterocycles. The van der Waals surface area contributed by atoms with Crippen LogP contribution < -0.4 is 14.8 Å². The molecule has 11 heteroatoms. The number of rotatable bonds is 12. The van der Waals surface area contributed by atoms with E-state index in [0.29, 0.717) is 12.3 Å². The first-order chi connectivity index (χ1) is 16.2. The van der Waals surface area contributed by atoms with Gasteiger partial charge in [0, 0.05) is 19.3 Å². The van der Waals surface area contributed by atoms with Gasteiger partial charge in [0.2, 0.25) is 10.0 Å². The summed E-state index contributed by atoms with van der Waals surface area (Å²) in [6.07, 6.45) is 1.49. The van der Waals surface area contributed by atoms with E-state index in [1.54, 1.807) is 31.2 Å². The van der Waals surface area contributed by atoms with Gasteiger partial charge in [-0.25, -0.2) is 13.1 Å². The van der Waals surface area contributed by atoms with Crippen LogP contribution in [0.4, 0.5) is 5.69 Å². The summed E-state index contributed by atoms with van der Waals surface area (Å²) in [6, 6.07) is 11.0. The number of sulfonamides is 1. The highest BCUT2D eigenvalue weighted by atomic mass is 35.5. The third kappa shape index (κ3) is 6.26. The van der Waals surface area contributed by atoms with Crippen LogP contribution in [-0.2, 0) is 34.5 Å². The van der Waals surface area contributed by atoms with E-state index in [1.807, 2.05) is 0 Å². The number of carbonyl (C=O) groups is 2. The van der Waals surface area contributed by atoms with Crippen molar-refractivity contribution in [3.63, 3.8) is 0 Å². The first-order valence-electron chi connectivity index (χ1n) is 10.7. The fourth-order valence-corrected chi connectivity index (χ4v) is 4.68. The number of carbonyl (C=O) groups excluding carboxylic acids is 2. The minimum absolute atomic E-state index is 0.0262. The summed E-state index contributed by atoms with van der Waals surface area (Å²) in [5.74, 6) is -0.469. The summed E-state index contributed by atoms with van der Waals surface area (Å²) in [6.45, 7) is 2.15. The normalized spacial score (nSPS) is 14.3. The predicted molar refractivity (Wildman–Crippen MR) is 127 cm³/mol. The quantitative estimate of drug-likeness (QED) is 0.333. The fraction of sp³-hybridized carbons (Fsp3) is 0.391. The van der Waals surface area contributed by atoms with Crippen LogP contribution >= 0.6 is 11.6 Å². The topological polar surface area (TPSA) is 120 Å². The van der Waals surface area contributed by atoms with Crippen LogP contribution in [0.15, 0.2) is 47.4 Å². The molecule has 1 aliphatic rings. The van der Waals surface area contributed by atoms with Crippen LogP contribution in [0, 0.1) is 0 Å². The van der Waals surface area contributed by atoms with Crippen molar-refractivity contribution >= 4 is 39.2 Å². The van der Waals surface area contributed by atoms with Gasteiger partial charge in [0.15, 0.2) is 6.61 Å². The molecule has 0 heterocycles. The second kappa shape index (κ2) is 11.2. The number of methoxy groups -OCH3 is 1. The molecule has 3 rings (SSSR count). The van der Waals surface area contributed by atoms with E-state index in [9.17, 15) is 18.0 Å². The average Bonchev–Trinajstić information content (AvgIpc) is 3.61. The summed E-state index contributed by atoms with van der Waals surface area (Å²) < 4.78 is 42.3. The van der Waals surface area contributed by atoms with Gasteiger partial charge < -0.3 is 19.5 Å². The molecule has 0 spiro atoms. The molecule has 2 aromatic carbocycles. The molecule has 0 unspecified atom stereocenters. The Morgan fingerprint density at radius 1 is 1.12 bits per heavy atom. The third-order valence-corrected chi connectivity index (χ3v) is 7.06. The second-order valence-electron chi connectivity index (χ2n) is 7.70.